The van der Waals surface area contributed by atoms with Gasteiger partial charge in [-0.2, -0.15) is 0 Å². The minimum absolute atomic E-state index is 0.327. The number of sulfonamides is 1. The normalized spacial score (nSPS) is 21.5. The number of rotatable bonds is 4. The van der Waals surface area contributed by atoms with E-state index in [0.29, 0.717) is 29.9 Å². The molecule has 0 saturated carbocycles. The third kappa shape index (κ3) is 3.73. The van der Waals surface area contributed by atoms with Crippen LogP contribution >= 0.6 is 0 Å². The van der Waals surface area contributed by atoms with Crippen LogP contribution in [0.1, 0.15) is 19.4 Å². The SMILES string of the molecule is COc1cc2c(cc1N1C[C@@H](C)N(C)[C@@H](C)C1)N(S(=O)(=O)c1ccc3ccccc3c1)CC2. The minimum atomic E-state index is -3.68. The number of ether oxygens (including phenoxy) is 1. The number of hydrogen-bond acceptors (Lipinski definition) is 5. The molecule has 174 valence electrons. The Morgan fingerprint density at radius 1 is 0.909 bits per heavy atom. The lowest BCUT2D eigenvalue weighted by Crippen LogP contribution is -2.55. The van der Waals surface area contributed by atoms with E-state index in [4.69, 9.17) is 4.74 Å². The molecule has 33 heavy (non-hydrogen) atoms. The van der Waals surface area contributed by atoms with E-state index in [0.717, 1.165) is 46.5 Å². The summed E-state index contributed by atoms with van der Waals surface area (Å²) < 4.78 is 34.7. The Balaban J connectivity index is 1.55. The number of piperazine rings is 1. The van der Waals surface area contributed by atoms with Crippen molar-refractivity contribution >= 4 is 32.2 Å². The average molecular weight is 466 g/mol. The fraction of sp³-hybridized carbons (Fsp3) is 0.385. The van der Waals surface area contributed by atoms with Crippen molar-refractivity contribution in [2.45, 2.75) is 37.2 Å². The summed E-state index contributed by atoms with van der Waals surface area (Å²) in [4.78, 5) is 5.04. The van der Waals surface area contributed by atoms with Crippen molar-refractivity contribution in [2.75, 3.05) is 43.0 Å². The molecule has 3 aromatic carbocycles. The van der Waals surface area contributed by atoms with Gasteiger partial charge in [-0.3, -0.25) is 9.21 Å². The monoisotopic (exact) mass is 465 g/mol. The van der Waals surface area contributed by atoms with E-state index in [9.17, 15) is 8.42 Å². The molecular weight excluding hydrogens is 434 g/mol. The molecule has 1 saturated heterocycles. The van der Waals surface area contributed by atoms with E-state index in [1.165, 1.54) is 0 Å². The predicted octanol–water partition coefficient (Wildman–Crippen LogP) is 4.13. The molecule has 2 heterocycles. The van der Waals surface area contributed by atoms with Crippen molar-refractivity contribution in [1.82, 2.24) is 4.90 Å². The quantitative estimate of drug-likeness (QED) is 0.580. The first-order valence-electron chi connectivity index (χ1n) is 11.5. The first-order valence-corrected chi connectivity index (χ1v) is 12.9. The number of anilines is 2. The van der Waals surface area contributed by atoms with Crippen molar-refractivity contribution in [2.24, 2.45) is 0 Å². The number of fused-ring (bicyclic) bond motifs is 2. The molecule has 0 aromatic heterocycles. The molecule has 5 rings (SSSR count). The topological polar surface area (TPSA) is 53.1 Å². The van der Waals surface area contributed by atoms with Gasteiger partial charge in [-0.1, -0.05) is 30.3 Å². The Morgan fingerprint density at radius 2 is 1.61 bits per heavy atom. The highest BCUT2D eigenvalue weighted by atomic mass is 32.2. The van der Waals surface area contributed by atoms with Crippen molar-refractivity contribution in [3.05, 3.63) is 60.2 Å². The molecule has 3 aromatic rings. The second kappa shape index (κ2) is 8.22. The second-order valence-corrected chi connectivity index (χ2v) is 11.1. The van der Waals surface area contributed by atoms with E-state index >= 15 is 0 Å². The third-order valence-corrected chi connectivity index (χ3v) is 9.05. The van der Waals surface area contributed by atoms with Gasteiger partial charge in [-0.15, -0.1) is 0 Å². The first-order chi connectivity index (χ1) is 15.8. The van der Waals surface area contributed by atoms with E-state index in [1.807, 2.05) is 42.5 Å². The molecule has 6 nitrogen and oxygen atoms in total. The van der Waals surface area contributed by atoms with Gasteiger partial charge in [0.2, 0.25) is 0 Å². The smallest absolute Gasteiger partial charge is 0.264 e. The van der Waals surface area contributed by atoms with Gasteiger partial charge in [-0.25, -0.2) is 8.42 Å². The Morgan fingerprint density at radius 3 is 2.30 bits per heavy atom. The van der Waals surface area contributed by atoms with Gasteiger partial charge in [0.25, 0.3) is 10.0 Å². The van der Waals surface area contributed by atoms with Crippen LogP contribution in [0.3, 0.4) is 0 Å². The van der Waals surface area contributed by atoms with Crippen LogP contribution in [0.5, 0.6) is 5.75 Å². The summed E-state index contributed by atoms with van der Waals surface area (Å²) in [5.74, 6) is 0.808. The van der Waals surface area contributed by atoms with Crippen LogP contribution < -0.4 is 13.9 Å². The Kier molecular flexibility index (Phi) is 5.49. The fourth-order valence-corrected chi connectivity index (χ4v) is 6.62. The summed E-state index contributed by atoms with van der Waals surface area (Å²) in [6, 6.07) is 18.0. The number of benzene rings is 3. The summed E-state index contributed by atoms with van der Waals surface area (Å²) in [6.07, 6.45) is 0.675. The van der Waals surface area contributed by atoms with E-state index in [2.05, 4.69) is 30.7 Å². The zero-order valence-electron chi connectivity index (χ0n) is 19.7. The molecule has 2 atom stereocenters. The van der Waals surface area contributed by atoms with Crippen LogP contribution in [0, 0.1) is 0 Å². The number of likely N-dealkylation sites (N-methyl/N-ethyl adjacent to an activating group) is 1. The second-order valence-electron chi connectivity index (χ2n) is 9.26. The van der Waals surface area contributed by atoms with Crippen LogP contribution in [0.4, 0.5) is 11.4 Å². The van der Waals surface area contributed by atoms with E-state index < -0.39 is 10.0 Å². The number of methoxy groups -OCH3 is 1. The minimum Gasteiger partial charge on any atom is -0.495 e. The van der Waals surface area contributed by atoms with Crippen LogP contribution in [0.25, 0.3) is 10.8 Å². The molecule has 2 aliphatic heterocycles. The maximum absolute atomic E-state index is 13.7. The molecule has 0 aliphatic carbocycles. The van der Waals surface area contributed by atoms with Crippen LogP contribution in [-0.2, 0) is 16.4 Å². The summed E-state index contributed by atoms with van der Waals surface area (Å²) in [5, 5.41) is 1.96. The molecule has 0 unspecified atom stereocenters. The highest BCUT2D eigenvalue weighted by Gasteiger charge is 2.34. The lowest BCUT2D eigenvalue weighted by molar-refractivity contribution is 0.169. The molecule has 0 N–H and O–H groups in total. The Bertz CT molecular complexity index is 1300. The highest BCUT2D eigenvalue weighted by molar-refractivity contribution is 7.92. The largest absolute Gasteiger partial charge is 0.495 e. The summed E-state index contributed by atoms with van der Waals surface area (Å²) in [6.45, 7) is 6.62. The number of hydrogen-bond donors (Lipinski definition) is 0. The van der Waals surface area contributed by atoms with Gasteiger partial charge in [-0.05, 0) is 67.9 Å². The van der Waals surface area contributed by atoms with Crippen molar-refractivity contribution < 1.29 is 13.2 Å². The van der Waals surface area contributed by atoms with Gasteiger partial charge in [0.05, 0.1) is 23.4 Å². The van der Waals surface area contributed by atoms with Gasteiger partial charge in [0, 0.05) is 31.7 Å². The van der Waals surface area contributed by atoms with Crippen LogP contribution in [-0.4, -0.2) is 59.2 Å². The number of nitrogens with zero attached hydrogens (tertiary/aromatic N) is 3. The maximum atomic E-state index is 13.7. The molecule has 1 fully saturated rings. The van der Waals surface area contributed by atoms with Crippen LogP contribution in [0.15, 0.2) is 59.5 Å². The van der Waals surface area contributed by atoms with E-state index in [1.54, 1.807) is 23.5 Å². The Labute approximate surface area is 196 Å². The van der Waals surface area contributed by atoms with Crippen molar-refractivity contribution in [1.29, 1.82) is 0 Å². The Hall–Kier alpha value is -2.77. The summed E-state index contributed by atoms with van der Waals surface area (Å²) in [7, 11) is 0.169. The van der Waals surface area contributed by atoms with Gasteiger partial charge >= 0.3 is 0 Å². The zero-order valence-corrected chi connectivity index (χ0v) is 20.5. The molecule has 0 amide bonds. The van der Waals surface area contributed by atoms with Crippen LogP contribution in [0.2, 0.25) is 0 Å². The maximum Gasteiger partial charge on any atom is 0.264 e. The van der Waals surface area contributed by atoms with Gasteiger partial charge in [0.15, 0.2) is 0 Å². The molecule has 0 radical (unpaired) electrons. The standard InChI is InChI=1S/C26H31N3O3S/c1-18-16-28(17-19(2)27(18)3)25-15-24-22(14-26(25)32-4)11-12-29(24)33(30,31)23-10-9-20-7-5-6-8-21(20)13-23/h5-10,13-15,18-19H,11-12,16-17H2,1-4H3/t18-,19+. The van der Waals surface area contributed by atoms with Gasteiger partial charge < -0.3 is 9.64 Å². The summed E-state index contributed by atoms with van der Waals surface area (Å²) in [5.41, 5.74) is 2.73. The fourth-order valence-electron chi connectivity index (χ4n) is 5.09. The lowest BCUT2D eigenvalue weighted by atomic mass is 10.1. The molecule has 0 spiro atoms. The molecule has 0 bridgehead atoms. The molecule has 2 aliphatic rings. The van der Waals surface area contributed by atoms with E-state index in [-0.39, 0.29) is 0 Å². The molecule has 7 heteroatoms. The lowest BCUT2D eigenvalue weighted by Gasteiger charge is -2.44. The molecular formula is C26H31N3O3S. The van der Waals surface area contributed by atoms with Crippen molar-refractivity contribution in [3.63, 3.8) is 0 Å². The van der Waals surface area contributed by atoms with Crippen molar-refractivity contribution in [3.8, 4) is 5.75 Å². The first kappa shape index (κ1) is 22.0. The van der Waals surface area contributed by atoms with Gasteiger partial charge in [0.1, 0.15) is 5.75 Å². The highest BCUT2D eigenvalue weighted by Crippen LogP contribution is 2.42. The average Bonchev–Trinajstić information content (AvgIpc) is 3.24. The summed E-state index contributed by atoms with van der Waals surface area (Å²) >= 11 is 0. The third-order valence-electron chi connectivity index (χ3n) is 7.24. The zero-order chi connectivity index (χ0) is 23.3. The predicted molar refractivity (Wildman–Crippen MR) is 134 cm³/mol.